The van der Waals surface area contributed by atoms with Crippen LogP contribution in [-0.4, -0.2) is 43.0 Å². The predicted molar refractivity (Wildman–Crippen MR) is 59.4 cm³/mol. The highest BCUT2D eigenvalue weighted by Gasteiger charge is 2.34. The summed E-state index contributed by atoms with van der Waals surface area (Å²) in [4.78, 5) is 14.0. The van der Waals surface area contributed by atoms with Gasteiger partial charge in [0.2, 0.25) is 5.91 Å². The first-order chi connectivity index (χ1) is 7.09. The van der Waals surface area contributed by atoms with Gasteiger partial charge in [-0.1, -0.05) is 0 Å². The second-order valence-electron chi connectivity index (χ2n) is 5.18. The lowest BCUT2D eigenvalue weighted by atomic mass is 9.77. The first kappa shape index (κ1) is 10.9. The first-order valence-electron chi connectivity index (χ1n) is 5.84. The zero-order valence-corrected chi connectivity index (χ0v) is 9.46. The molecule has 1 amide bonds. The molecule has 3 N–H and O–H groups in total. The summed E-state index contributed by atoms with van der Waals surface area (Å²) in [6.45, 7) is 2.58. The normalized spacial score (nSPS) is 29.9. The molecular formula is C11H21N3O. The van der Waals surface area contributed by atoms with Crippen LogP contribution in [0.1, 0.15) is 25.7 Å². The molecule has 0 spiro atoms. The van der Waals surface area contributed by atoms with Crippen LogP contribution in [0.15, 0.2) is 0 Å². The summed E-state index contributed by atoms with van der Waals surface area (Å²) < 4.78 is 0. The number of nitrogens with one attached hydrogen (secondary N) is 1. The Kier molecular flexibility index (Phi) is 2.98. The lowest BCUT2D eigenvalue weighted by Gasteiger charge is -2.38. The van der Waals surface area contributed by atoms with Crippen LogP contribution in [0, 0.1) is 5.92 Å². The van der Waals surface area contributed by atoms with Gasteiger partial charge in [0.1, 0.15) is 0 Å². The Morgan fingerprint density at radius 1 is 1.60 bits per heavy atom. The number of carbonyl (C=O) groups is 1. The maximum absolute atomic E-state index is 11.8. The Labute approximate surface area is 91.2 Å². The molecule has 1 saturated carbocycles. The second kappa shape index (κ2) is 4.10. The molecule has 2 fully saturated rings. The fourth-order valence-electron chi connectivity index (χ4n) is 2.36. The predicted octanol–water partition coefficient (Wildman–Crippen LogP) is -0.0643. The molecule has 1 aliphatic heterocycles. The quantitative estimate of drug-likeness (QED) is 0.687. The SMILES string of the molecule is CN1CCC(C(=O)NCC2(N)CCC2)C1. The van der Waals surface area contributed by atoms with Gasteiger partial charge in [-0.2, -0.15) is 0 Å². The number of rotatable bonds is 3. The van der Waals surface area contributed by atoms with Crippen molar-refractivity contribution in [3.05, 3.63) is 0 Å². The minimum atomic E-state index is -0.0971. The van der Waals surface area contributed by atoms with E-state index in [0.29, 0.717) is 6.54 Å². The van der Waals surface area contributed by atoms with Gasteiger partial charge in [-0.15, -0.1) is 0 Å². The number of nitrogens with zero attached hydrogens (tertiary/aromatic N) is 1. The summed E-state index contributed by atoms with van der Waals surface area (Å²) in [7, 11) is 2.06. The highest BCUT2D eigenvalue weighted by molar-refractivity contribution is 5.79. The van der Waals surface area contributed by atoms with Crippen LogP contribution in [-0.2, 0) is 4.79 Å². The molecule has 1 atom stereocenters. The average molecular weight is 211 g/mol. The molecule has 86 valence electrons. The summed E-state index contributed by atoms with van der Waals surface area (Å²) in [6, 6.07) is 0. The molecule has 0 bridgehead atoms. The summed E-state index contributed by atoms with van der Waals surface area (Å²) >= 11 is 0. The smallest absolute Gasteiger partial charge is 0.224 e. The van der Waals surface area contributed by atoms with Crippen LogP contribution >= 0.6 is 0 Å². The van der Waals surface area contributed by atoms with Crippen molar-refractivity contribution in [1.82, 2.24) is 10.2 Å². The molecule has 1 saturated heterocycles. The Hall–Kier alpha value is -0.610. The molecule has 0 aromatic rings. The summed E-state index contributed by atoms with van der Waals surface area (Å²) in [5.74, 6) is 0.370. The third kappa shape index (κ3) is 2.49. The van der Waals surface area contributed by atoms with Gasteiger partial charge in [-0.05, 0) is 39.3 Å². The van der Waals surface area contributed by atoms with Crippen LogP contribution in [0.25, 0.3) is 0 Å². The monoisotopic (exact) mass is 211 g/mol. The molecule has 0 aromatic carbocycles. The maximum atomic E-state index is 11.8. The molecule has 0 radical (unpaired) electrons. The minimum absolute atomic E-state index is 0.0971. The Morgan fingerprint density at radius 2 is 2.33 bits per heavy atom. The average Bonchev–Trinajstić information content (AvgIpc) is 2.58. The summed E-state index contributed by atoms with van der Waals surface area (Å²) in [5, 5.41) is 3.00. The van der Waals surface area contributed by atoms with Crippen LogP contribution in [0.4, 0.5) is 0 Å². The zero-order valence-electron chi connectivity index (χ0n) is 9.46. The van der Waals surface area contributed by atoms with Crippen molar-refractivity contribution in [2.24, 2.45) is 11.7 Å². The first-order valence-corrected chi connectivity index (χ1v) is 5.84. The molecule has 1 unspecified atom stereocenters. The maximum Gasteiger partial charge on any atom is 0.224 e. The summed E-state index contributed by atoms with van der Waals surface area (Å²) in [5.41, 5.74) is 5.95. The summed E-state index contributed by atoms with van der Waals surface area (Å²) in [6.07, 6.45) is 4.30. The molecule has 2 rings (SSSR count). The highest BCUT2D eigenvalue weighted by atomic mass is 16.1. The van der Waals surface area contributed by atoms with E-state index in [1.165, 1.54) is 6.42 Å². The van der Waals surface area contributed by atoms with Crippen molar-refractivity contribution in [3.8, 4) is 0 Å². The lowest BCUT2D eigenvalue weighted by Crippen LogP contribution is -2.55. The van der Waals surface area contributed by atoms with Crippen molar-refractivity contribution < 1.29 is 4.79 Å². The van der Waals surface area contributed by atoms with Gasteiger partial charge in [0.05, 0.1) is 5.92 Å². The molecule has 4 heteroatoms. The van der Waals surface area contributed by atoms with Crippen molar-refractivity contribution in [2.75, 3.05) is 26.7 Å². The van der Waals surface area contributed by atoms with Crippen LogP contribution in [0.2, 0.25) is 0 Å². The van der Waals surface area contributed by atoms with E-state index in [-0.39, 0.29) is 17.4 Å². The number of amides is 1. The number of nitrogens with two attached hydrogens (primary N) is 1. The van der Waals surface area contributed by atoms with Crippen molar-refractivity contribution in [2.45, 2.75) is 31.2 Å². The third-order valence-corrected chi connectivity index (χ3v) is 3.73. The second-order valence-corrected chi connectivity index (χ2v) is 5.18. The largest absolute Gasteiger partial charge is 0.354 e. The highest BCUT2D eigenvalue weighted by Crippen LogP contribution is 2.28. The minimum Gasteiger partial charge on any atom is -0.354 e. The van der Waals surface area contributed by atoms with E-state index in [9.17, 15) is 4.79 Å². The van der Waals surface area contributed by atoms with Crippen LogP contribution in [0.3, 0.4) is 0 Å². The molecular weight excluding hydrogens is 190 g/mol. The van der Waals surface area contributed by atoms with E-state index >= 15 is 0 Å². The van der Waals surface area contributed by atoms with E-state index in [4.69, 9.17) is 5.73 Å². The van der Waals surface area contributed by atoms with E-state index in [1.807, 2.05) is 0 Å². The molecule has 2 aliphatic rings. The van der Waals surface area contributed by atoms with E-state index in [1.54, 1.807) is 0 Å². The van der Waals surface area contributed by atoms with Crippen molar-refractivity contribution in [3.63, 3.8) is 0 Å². The fourth-order valence-corrected chi connectivity index (χ4v) is 2.36. The van der Waals surface area contributed by atoms with E-state index in [0.717, 1.165) is 32.4 Å². The van der Waals surface area contributed by atoms with E-state index in [2.05, 4.69) is 17.3 Å². The fraction of sp³-hybridized carbons (Fsp3) is 0.909. The lowest BCUT2D eigenvalue weighted by molar-refractivity contribution is -0.125. The number of carbonyl (C=O) groups excluding carboxylic acids is 1. The molecule has 0 aromatic heterocycles. The van der Waals surface area contributed by atoms with Gasteiger partial charge in [-0.25, -0.2) is 0 Å². The van der Waals surface area contributed by atoms with Crippen molar-refractivity contribution in [1.29, 1.82) is 0 Å². The van der Waals surface area contributed by atoms with Gasteiger partial charge in [0, 0.05) is 18.6 Å². The Bertz CT molecular complexity index is 250. The topological polar surface area (TPSA) is 58.4 Å². The number of hydrogen-bond donors (Lipinski definition) is 2. The number of hydrogen-bond acceptors (Lipinski definition) is 3. The van der Waals surface area contributed by atoms with Gasteiger partial charge < -0.3 is 16.0 Å². The van der Waals surface area contributed by atoms with Crippen molar-refractivity contribution >= 4 is 5.91 Å². The van der Waals surface area contributed by atoms with Crippen LogP contribution < -0.4 is 11.1 Å². The van der Waals surface area contributed by atoms with E-state index < -0.39 is 0 Å². The molecule has 1 heterocycles. The van der Waals surface area contributed by atoms with Gasteiger partial charge in [0.25, 0.3) is 0 Å². The Morgan fingerprint density at radius 3 is 2.80 bits per heavy atom. The number of likely N-dealkylation sites (tertiary alicyclic amines) is 1. The molecule has 15 heavy (non-hydrogen) atoms. The van der Waals surface area contributed by atoms with Gasteiger partial charge in [0.15, 0.2) is 0 Å². The molecule has 4 nitrogen and oxygen atoms in total. The zero-order chi connectivity index (χ0) is 10.9. The molecule has 1 aliphatic carbocycles. The Balaban J connectivity index is 1.72. The van der Waals surface area contributed by atoms with Gasteiger partial charge in [-0.3, -0.25) is 4.79 Å². The third-order valence-electron chi connectivity index (χ3n) is 3.73. The van der Waals surface area contributed by atoms with Gasteiger partial charge >= 0.3 is 0 Å². The standard InChI is InChI=1S/C11H21N3O/c1-14-6-3-9(7-14)10(15)13-8-11(12)4-2-5-11/h9H,2-8,12H2,1H3,(H,13,15). The van der Waals surface area contributed by atoms with Crippen LogP contribution in [0.5, 0.6) is 0 Å².